The van der Waals surface area contributed by atoms with E-state index in [1.165, 1.54) is 41.3 Å². The molecule has 172 valence electrons. The van der Waals surface area contributed by atoms with Gasteiger partial charge in [0.2, 0.25) is 0 Å². The molecule has 0 aliphatic heterocycles. The van der Waals surface area contributed by atoms with Crippen LogP contribution >= 0.6 is 34.8 Å². The maximum absolute atomic E-state index is 13.9. The maximum Gasteiger partial charge on any atom is 0.335 e. The van der Waals surface area contributed by atoms with E-state index in [2.05, 4.69) is 0 Å². The molecular formula is C23H16Cl3F2NO4. The molecule has 0 heterocycles. The summed E-state index contributed by atoms with van der Waals surface area (Å²) < 4.78 is 32.5. The van der Waals surface area contributed by atoms with Gasteiger partial charge < -0.3 is 14.7 Å². The Balaban J connectivity index is 1.90. The molecule has 33 heavy (non-hydrogen) atoms. The molecule has 1 amide bonds. The van der Waals surface area contributed by atoms with Gasteiger partial charge in [-0.1, -0.05) is 34.8 Å². The highest BCUT2D eigenvalue weighted by molar-refractivity contribution is 6.41. The molecule has 0 radical (unpaired) electrons. The van der Waals surface area contributed by atoms with Crippen LogP contribution in [-0.4, -0.2) is 23.5 Å². The topological polar surface area (TPSA) is 66.8 Å². The largest absolute Gasteiger partial charge is 0.489 e. The number of carboxylic acid groups (broad SMARTS) is 1. The van der Waals surface area contributed by atoms with Crippen LogP contribution in [0.3, 0.4) is 0 Å². The van der Waals surface area contributed by atoms with Gasteiger partial charge in [0, 0.05) is 18.2 Å². The van der Waals surface area contributed by atoms with E-state index >= 15 is 0 Å². The average Bonchev–Trinajstić information content (AvgIpc) is 2.76. The monoisotopic (exact) mass is 513 g/mol. The SMILES string of the molecule is CCN(C(=O)c1cc(OCc2ccc(F)cc2F)ccc1Cl)c1c(Cl)cc(C(=O)O)cc1Cl. The van der Waals surface area contributed by atoms with Crippen LogP contribution in [0.4, 0.5) is 14.5 Å². The molecule has 0 saturated heterocycles. The normalized spacial score (nSPS) is 10.7. The molecule has 3 aromatic carbocycles. The molecule has 0 unspecified atom stereocenters. The van der Waals surface area contributed by atoms with E-state index in [9.17, 15) is 18.4 Å². The van der Waals surface area contributed by atoms with E-state index in [0.29, 0.717) is 0 Å². The second-order valence-electron chi connectivity index (χ2n) is 6.81. The van der Waals surface area contributed by atoms with Crippen LogP contribution in [0, 0.1) is 11.6 Å². The zero-order chi connectivity index (χ0) is 24.3. The predicted molar refractivity (Wildman–Crippen MR) is 123 cm³/mol. The lowest BCUT2D eigenvalue weighted by Crippen LogP contribution is -2.31. The van der Waals surface area contributed by atoms with E-state index in [1.54, 1.807) is 6.92 Å². The van der Waals surface area contributed by atoms with Gasteiger partial charge in [0.05, 0.1) is 31.9 Å². The van der Waals surface area contributed by atoms with Crippen molar-refractivity contribution in [1.82, 2.24) is 0 Å². The third-order valence-corrected chi connectivity index (χ3v) is 5.58. The first-order valence-corrected chi connectivity index (χ1v) is 10.7. The van der Waals surface area contributed by atoms with Gasteiger partial charge in [0.1, 0.15) is 24.0 Å². The fourth-order valence-electron chi connectivity index (χ4n) is 3.05. The summed E-state index contributed by atoms with van der Waals surface area (Å²) in [6.07, 6.45) is 0. The van der Waals surface area contributed by atoms with E-state index < -0.39 is 23.5 Å². The number of carbonyl (C=O) groups excluding carboxylic acids is 1. The first kappa shape index (κ1) is 24.8. The van der Waals surface area contributed by atoms with Crippen LogP contribution in [0.25, 0.3) is 0 Å². The lowest BCUT2D eigenvalue weighted by atomic mass is 10.1. The Kier molecular flexibility index (Phi) is 7.79. The number of hydrogen-bond donors (Lipinski definition) is 1. The number of nitrogens with zero attached hydrogens (tertiary/aromatic N) is 1. The van der Waals surface area contributed by atoms with Crippen LogP contribution in [0.2, 0.25) is 15.1 Å². The van der Waals surface area contributed by atoms with Crippen LogP contribution in [-0.2, 0) is 6.61 Å². The molecule has 3 rings (SSSR count). The van der Waals surface area contributed by atoms with Gasteiger partial charge in [-0.25, -0.2) is 13.6 Å². The summed E-state index contributed by atoms with van der Waals surface area (Å²) in [5.74, 6) is -3.02. The minimum atomic E-state index is -1.22. The summed E-state index contributed by atoms with van der Waals surface area (Å²) in [7, 11) is 0. The minimum Gasteiger partial charge on any atom is -0.489 e. The average molecular weight is 515 g/mol. The fourth-order valence-corrected chi connectivity index (χ4v) is 3.94. The van der Waals surface area contributed by atoms with E-state index in [1.807, 2.05) is 0 Å². The highest BCUT2D eigenvalue weighted by atomic mass is 35.5. The predicted octanol–water partition coefficient (Wildman–Crippen LogP) is 6.87. The second kappa shape index (κ2) is 10.4. The summed E-state index contributed by atoms with van der Waals surface area (Å²) in [5.41, 5.74) is 0.196. The third kappa shape index (κ3) is 5.55. The summed E-state index contributed by atoms with van der Waals surface area (Å²) >= 11 is 18.7. The fraction of sp³-hybridized carbons (Fsp3) is 0.130. The van der Waals surface area contributed by atoms with Gasteiger partial charge in [-0.15, -0.1) is 0 Å². The summed E-state index contributed by atoms with van der Waals surface area (Å²) in [6, 6.07) is 9.82. The third-order valence-electron chi connectivity index (χ3n) is 4.67. The highest BCUT2D eigenvalue weighted by Crippen LogP contribution is 2.37. The quantitative estimate of drug-likeness (QED) is 0.374. The van der Waals surface area contributed by atoms with Crippen molar-refractivity contribution in [2.75, 3.05) is 11.4 Å². The van der Waals surface area contributed by atoms with Crippen LogP contribution < -0.4 is 9.64 Å². The highest BCUT2D eigenvalue weighted by Gasteiger charge is 2.25. The molecule has 0 bridgehead atoms. The number of amides is 1. The Bertz CT molecular complexity index is 1210. The number of carbonyl (C=O) groups is 2. The molecule has 0 aromatic heterocycles. The lowest BCUT2D eigenvalue weighted by molar-refractivity contribution is 0.0696. The van der Waals surface area contributed by atoms with Gasteiger partial charge in [-0.05, 0) is 49.4 Å². The van der Waals surface area contributed by atoms with E-state index in [0.717, 1.165) is 12.1 Å². The first-order valence-electron chi connectivity index (χ1n) is 9.52. The standard InChI is InChI=1S/C23H16Cl3F2NO4/c1-2-29(21-18(25)7-13(23(31)32)8-19(21)26)22(30)16-10-15(5-6-17(16)24)33-11-12-3-4-14(27)9-20(12)28/h3-10H,2,11H2,1H3,(H,31,32). The van der Waals surface area contributed by atoms with Gasteiger partial charge >= 0.3 is 5.97 Å². The van der Waals surface area contributed by atoms with Crippen molar-refractivity contribution < 1.29 is 28.2 Å². The molecule has 0 fully saturated rings. The van der Waals surface area contributed by atoms with Gasteiger partial charge in [0.15, 0.2) is 0 Å². The number of rotatable bonds is 7. The van der Waals surface area contributed by atoms with E-state index in [4.69, 9.17) is 44.6 Å². The van der Waals surface area contributed by atoms with Gasteiger partial charge in [-0.2, -0.15) is 0 Å². The Morgan fingerprint density at radius 3 is 2.21 bits per heavy atom. The Hall–Kier alpha value is -2.87. The van der Waals surface area contributed by atoms with Gasteiger partial charge in [0.25, 0.3) is 5.91 Å². The molecule has 0 aliphatic carbocycles. The van der Waals surface area contributed by atoms with E-state index in [-0.39, 0.29) is 56.3 Å². The molecule has 3 aromatic rings. The summed E-state index contributed by atoms with van der Waals surface area (Å²) in [6.45, 7) is 1.63. The molecule has 0 spiro atoms. The number of carboxylic acids is 1. The number of aromatic carboxylic acids is 1. The maximum atomic E-state index is 13.9. The molecular weight excluding hydrogens is 499 g/mol. The molecule has 0 saturated carbocycles. The molecule has 0 aliphatic rings. The van der Waals surface area contributed by atoms with Crippen molar-refractivity contribution in [3.05, 3.63) is 91.9 Å². The number of benzene rings is 3. The van der Waals surface area contributed by atoms with Crippen molar-refractivity contribution >= 4 is 52.4 Å². The minimum absolute atomic E-state index is 0.0228. The Morgan fingerprint density at radius 2 is 1.64 bits per heavy atom. The zero-order valence-corrected chi connectivity index (χ0v) is 19.3. The first-order chi connectivity index (χ1) is 15.6. The molecule has 10 heteroatoms. The Labute approximate surface area is 203 Å². The smallest absolute Gasteiger partial charge is 0.335 e. The Morgan fingerprint density at radius 1 is 0.970 bits per heavy atom. The number of halogens is 5. The number of ether oxygens (including phenoxy) is 1. The van der Waals surface area contributed by atoms with Crippen molar-refractivity contribution in [3.8, 4) is 5.75 Å². The zero-order valence-electron chi connectivity index (χ0n) is 17.0. The van der Waals surface area contributed by atoms with Crippen LogP contribution in [0.1, 0.15) is 33.2 Å². The number of hydrogen-bond acceptors (Lipinski definition) is 3. The molecule has 1 N–H and O–H groups in total. The van der Waals surface area contributed by atoms with Crippen LogP contribution in [0.15, 0.2) is 48.5 Å². The summed E-state index contributed by atoms with van der Waals surface area (Å²) in [4.78, 5) is 25.8. The summed E-state index contributed by atoms with van der Waals surface area (Å²) in [5, 5.41) is 9.24. The lowest BCUT2D eigenvalue weighted by Gasteiger charge is -2.24. The van der Waals surface area contributed by atoms with Crippen molar-refractivity contribution in [2.24, 2.45) is 0 Å². The van der Waals surface area contributed by atoms with Gasteiger partial charge in [-0.3, -0.25) is 4.79 Å². The van der Waals surface area contributed by atoms with Crippen molar-refractivity contribution in [3.63, 3.8) is 0 Å². The second-order valence-corrected chi connectivity index (χ2v) is 8.03. The molecule has 5 nitrogen and oxygen atoms in total. The van der Waals surface area contributed by atoms with Crippen LogP contribution in [0.5, 0.6) is 5.75 Å². The van der Waals surface area contributed by atoms with Crippen molar-refractivity contribution in [1.29, 1.82) is 0 Å². The molecule has 0 atom stereocenters. The number of anilines is 1. The van der Waals surface area contributed by atoms with Crippen molar-refractivity contribution in [2.45, 2.75) is 13.5 Å².